The van der Waals surface area contributed by atoms with Crippen LogP contribution in [0.2, 0.25) is 0 Å². The summed E-state index contributed by atoms with van der Waals surface area (Å²) in [5.74, 6) is -0.140. The number of hydrogen-bond acceptors (Lipinski definition) is 8. The van der Waals surface area contributed by atoms with Crippen molar-refractivity contribution in [3.05, 3.63) is 60.0 Å². The van der Waals surface area contributed by atoms with E-state index in [0.29, 0.717) is 10.6 Å². The van der Waals surface area contributed by atoms with Crippen molar-refractivity contribution in [2.24, 2.45) is 0 Å². The Morgan fingerprint density at radius 3 is 2.75 bits per heavy atom. The Morgan fingerprint density at radius 1 is 1.38 bits per heavy atom. The summed E-state index contributed by atoms with van der Waals surface area (Å²) in [4.78, 5) is 31.0. The number of aryl methyl sites for hydroxylation is 2. The van der Waals surface area contributed by atoms with Crippen molar-refractivity contribution >= 4 is 40.0 Å². The molecule has 0 atom stereocenters. The second-order valence-corrected chi connectivity index (χ2v) is 6.18. The molecule has 1 aromatic carbocycles. The van der Waals surface area contributed by atoms with Crippen molar-refractivity contribution in [3.8, 4) is 0 Å². The Labute approximate surface area is 138 Å². The lowest BCUT2D eigenvalue weighted by atomic mass is 10.2. The van der Waals surface area contributed by atoms with E-state index in [1.165, 1.54) is 29.5 Å². The van der Waals surface area contributed by atoms with Crippen molar-refractivity contribution in [2.45, 2.75) is 13.8 Å². The molecule has 0 saturated heterocycles. The Kier molecular flexibility index (Phi) is 3.86. The number of nitrogens with zero attached hydrogens (tertiary/aromatic N) is 3. The number of hydrogen-bond donors (Lipinski definition) is 1. The second kappa shape index (κ2) is 5.85. The SMILES string of the molecule is Cc1nc(C)c(/C(O)=C/c2nc3ccc([N+](=O)[O-])cc3oc2=O)s1. The molecule has 3 aromatic rings. The van der Waals surface area contributed by atoms with E-state index in [1.807, 2.05) is 6.92 Å². The number of benzene rings is 1. The molecule has 0 aliphatic carbocycles. The van der Waals surface area contributed by atoms with E-state index < -0.39 is 10.5 Å². The summed E-state index contributed by atoms with van der Waals surface area (Å²) in [6, 6.07) is 3.78. The zero-order valence-corrected chi connectivity index (χ0v) is 13.5. The highest BCUT2D eigenvalue weighted by Gasteiger charge is 2.14. The molecule has 0 spiro atoms. The number of aliphatic hydroxyl groups excluding tert-OH is 1. The molecule has 0 fully saturated rings. The highest BCUT2D eigenvalue weighted by Crippen LogP contribution is 2.25. The maximum absolute atomic E-state index is 12.0. The number of nitro groups is 1. The first-order valence-electron chi connectivity index (χ1n) is 6.79. The lowest BCUT2D eigenvalue weighted by molar-refractivity contribution is -0.384. The van der Waals surface area contributed by atoms with Crippen LogP contribution in [0.5, 0.6) is 0 Å². The van der Waals surface area contributed by atoms with E-state index in [4.69, 9.17) is 4.42 Å². The molecular formula is C15H11N3O5S. The number of nitro benzene ring substituents is 1. The van der Waals surface area contributed by atoms with Gasteiger partial charge in [-0.05, 0) is 19.9 Å². The highest BCUT2D eigenvalue weighted by molar-refractivity contribution is 7.12. The third kappa shape index (κ3) is 2.88. The molecule has 0 unspecified atom stereocenters. The van der Waals surface area contributed by atoms with Gasteiger partial charge < -0.3 is 9.52 Å². The van der Waals surface area contributed by atoms with E-state index in [9.17, 15) is 20.0 Å². The van der Waals surface area contributed by atoms with Gasteiger partial charge in [-0.2, -0.15) is 0 Å². The van der Waals surface area contributed by atoms with Gasteiger partial charge in [-0.15, -0.1) is 11.3 Å². The third-order valence-electron chi connectivity index (χ3n) is 3.22. The van der Waals surface area contributed by atoms with Crippen molar-refractivity contribution in [1.29, 1.82) is 0 Å². The van der Waals surface area contributed by atoms with Gasteiger partial charge in [0.25, 0.3) is 5.69 Å². The number of aromatic nitrogens is 2. The predicted molar refractivity (Wildman–Crippen MR) is 89.0 cm³/mol. The van der Waals surface area contributed by atoms with E-state index in [-0.39, 0.29) is 28.2 Å². The van der Waals surface area contributed by atoms with Crippen LogP contribution in [0.3, 0.4) is 0 Å². The fraction of sp³-hybridized carbons (Fsp3) is 0.133. The van der Waals surface area contributed by atoms with E-state index in [0.717, 1.165) is 11.1 Å². The fourth-order valence-corrected chi connectivity index (χ4v) is 3.01. The first-order chi connectivity index (χ1) is 11.3. The number of non-ortho nitro benzene ring substituents is 1. The molecule has 0 saturated carbocycles. The van der Waals surface area contributed by atoms with Crippen LogP contribution in [-0.2, 0) is 0 Å². The number of fused-ring (bicyclic) bond motifs is 1. The maximum atomic E-state index is 12.0. The molecule has 0 amide bonds. The number of aliphatic hydroxyl groups is 1. The molecule has 122 valence electrons. The van der Waals surface area contributed by atoms with Crippen LogP contribution in [0.1, 0.15) is 21.3 Å². The van der Waals surface area contributed by atoms with Crippen LogP contribution < -0.4 is 5.63 Å². The van der Waals surface area contributed by atoms with Gasteiger partial charge >= 0.3 is 5.63 Å². The number of rotatable bonds is 3. The first kappa shape index (κ1) is 15.8. The molecule has 1 N–H and O–H groups in total. The minimum atomic E-state index is -0.798. The normalized spacial score (nSPS) is 11.8. The van der Waals surface area contributed by atoms with Crippen LogP contribution in [0.4, 0.5) is 5.69 Å². The molecule has 24 heavy (non-hydrogen) atoms. The van der Waals surface area contributed by atoms with E-state index in [1.54, 1.807) is 6.92 Å². The van der Waals surface area contributed by atoms with Gasteiger partial charge in [0, 0.05) is 12.1 Å². The molecule has 0 bridgehead atoms. The predicted octanol–water partition coefficient (Wildman–Crippen LogP) is 3.23. The van der Waals surface area contributed by atoms with E-state index >= 15 is 0 Å². The van der Waals surface area contributed by atoms with Gasteiger partial charge in [0.1, 0.15) is 11.3 Å². The second-order valence-electron chi connectivity index (χ2n) is 4.97. The van der Waals surface area contributed by atoms with E-state index in [2.05, 4.69) is 9.97 Å². The summed E-state index contributed by atoms with van der Waals surface area (Å²) in [6.07, 6.45) is 1.20. The van der Waals surface area contributed by atoms with Gasteiger partial charge in [-0.1, -0.05) is 0 Å². The van der Waals surface area contributed by atoms with Crippen LogP contribution in [0.25, 0.3) is 22.9 Å². The quantitative estimate of drug-likeness (QED) is 0.439. The van der Waals surface area contributed by atoms with Crippen molar-refractivity contribution < 1.29 is 14.4 Å². The van der Waals surface area contributed by atoms with Crippen molar-refractivity contribution in [3.63, 3.8) is 0 Å². The molecule has 3 rings (SSSR count). The number of thiazole rings is 1. The third-order valence-corrected chi connectivity index (χ3v) is 4.31. The molecule has 8 nitrogen and oxygen atoms in total. The minimum Gasteiger partial charge on any atom is -0.506 e. The summed E-state index contributed by atoms with van der Waals surface area (Å²) in [6.45, 7) is 3.56. The Balaban J connectivity index is 2.10. The molecule has 0 aliphatic heterocycles. The standard InChI is InChI=1S/C15H11N3O5S/c1-7-14(24-8(2)16-7)12(19)6-11-15(20)23-13-5-9(18(21)22)3-4-10(13)17-11/h3-6,19H,1-2H3/b12-6-. The lowest BCUT2D eigenvalue weighted by Gasteiger charge is -2.00. The fourth-order valence-electron chi connectivity index (χ4n) is 2.17. The molecule has 0 radical (unpaired) electrons. The van der Waals surface area contributed by atoms with Crippen molar-refractivity contribution in [1.82, 2.24) is 9.97 Å². The molecule has 9 heteroatoms. The van der Waals surface area contributed by atoms with Gasteiger partial charge in [-0.3, -0.25) is 10.1 Å². The van der Waals surface area contributed by atoms with Crippen LogP contribution in [0, 0.1) is 24.0 Å². The van der Waals surface area contributed by atoms with Gasteiger partial charge in [0.05, 0.1) is 26.6 Å². The highest BCUT2D eigenvalue weighted by atomic mass is 32.1. The average molecular weight is 345 g/mol. The lowest BCUT2D eigenvalue weighted by Crippen LogP contribution is -2.06. The summed E-state index contributed by atoms with van der Waals surface area (Å²) in [5.41, 5.74) is -0.166. The smallest absolute Gasteiger partial charge is 0.362 e. The van der Waals surface area contributed by atoms with Gasteiger partial charge in [-0.25, -0.2) is 14.8 Å². The van der Waals surface area contributed by atoms with Crippen LogP contribution in [0.15, 0.2) is 27.4 Å². The minimum absolute atomic E-state index is 0.00987. The summed E-state index contributed by atoms with van der Waals surface area (Å²) in [7, 11) is 0. The maximum Gasteiger partial charge on any atom is 0.362 e. The van der Waals surface area contributed by atoms with Crippen LogP contribution >= 0.6 is 11.3 Å². The monoisotopic (exact) mass is 345 g/mol. The molecule has 2 heterocycles. The Bertz CT molecular complexity index is 1050. The Hall–Kier alpha value is -3.07. The molecular weight excluding hydrogens is 334 g/mol. The largest absolute Gasteiger partial charge is 0.506 e. The zero-order valence-electron chi connectivity index (χ0n) is 12.6. The molecule has 2 aromatic heterocycles. The summed E-state index contributed by atoms with van der Waals surface area (Å²) >= 11 is 1.29. The first-order valence-corrected chi connectivity index (χ1v) is 7.61. The Morgan fingerprint density at radius 2 is 2.12 bits per heavy atom. The van der Waals surface area contributed by atoms with Crippen LogP contribution in [-0.4, -0.2) is 20.0 Å². The summed E-state index contributed by atoms with van der Waals surface area (Å²) in [5, 5.41) is 21.7. The van der Waals surface area contributed by atoms with Gasteiger partial charge in [0.2, 0.25) is 0 Å². The average Bonchev–Trinajstić information content (AvgIpc) is 2.86. The zero-order chi connectivity index (χ0) is 17.4. The topological polar surface area (TPSA) is 119 Å². The summed E-state index contributed by atoms with van der Waals surface area (Å²) < 4.78 is 5.07. The van der Waals surface area contributed by atoms with Crippen molar-refractivity contribution in [2.75, 3.05) is 0 Å². The molecule has 0 aliphatic rings. The van der Waals surface area contributed by atoms with Gasteiger partial charge in [0.15, 0.2) is 11.3 Å².